The third kappa shape index (κ3) is 2.98. The van der Waals surface area contributed by atoms with Crippen LogP contribution in [0.25, 0.3) is 0 Å². The standard InChI is InChI=1S/C13H16N2O3.ClH/c16-15(17)11-1-3-12(4-2-11)18-13-9-14-7-5-10(13)6-8-14;/h1-4,10,13H,5-9H2;1H. The van der Waals surface area contributed by atoms with Crippen molar-refractivity contribution in [3.8, 4) is 5.75 Å². The fourth-order valence-electron chi connectivity index (χ4n) is 2.87. The van der Waals surface area contributed by atoms with Crippen molar-refractivity contribution in [2.24, 2.45) is 5.92 Å². The van der Waals surface area contributed by atoms with Gasteiger partial charge >= 0.3 is 0 Å². The Kier molecular flexibility index (Phi) is 4.27. The maximum atomic E-state index is 10.6. The number of ether oxygens (including phenoxy) is 1. The van der Waals surface area contributed by atoms with Gasteiger partial charge in [0.2, 0.25) is 0 Å². The molecule has 1 unspecified atom stereocenters. The predicted octanol–water partition coefficient (Wildman–Crippen LogP) is 2.49. The van der Waals surface area contributed by atoms with Crippen LogP contribution in [0.4, 0.5) is 5.69 Å². The Hall–Kier alpha value is -1.33. The maximum absolute atomic E-state index is 10.6. The summed E-state index contributed by atoms with van der Waals surface area (Å²) in [6.45, 7) is 3.36. The summed E-state index contributed by atoms with van der Waals surface area (Å²) in [5.74, 6) is 1.38. The lowest BCUT2D eigenvalue weighted by atomic mass is 9.86. The molecule has 3 heterocycles. The highest BCUT2D eigenvalue weighted by atomic mass is 35.5. The maximum Gasteiger partial charge on any atom is 0.269 e. The van der Waals surface area contributed by atoms with Gasteiger partial charge in [0, 0.05) is 18.7 Å². The van der Waals surface area contributed by atoms with Crippen LogP contribution in [0, 0.1) is 16.0 Å². The first-order valence-electron chi connectivity index (χ1n) is 6.36. The summed E-state index contributed by atoms with van der Waals surface area (Å²) in [7, 11) is 0. The Morgan fingerprint density at radius 2 is 1.84 bits per heavy atom. The topological polar surface area (TPSA) is 55.6 Å². The Bertz CT molecular complexity index is 444. The number of nitro groups is 1. The second kappa shape index (κ2) is 5.75. The van der Waals surface area contributed by atoms with E-state index < -0.39 is 4.92 Å². The van der Waals surface area contributed by atoms with E-state index >= 15 is 0 Å². The van der Waals surface area contributed by atoms with E-state index in [0.29, 0.717) is 5.92 Å². The van der Waals surface area contributed by atoms with Gasteiger partial charge in [-0.1, -0.05) is 0 Å². The van der Waals surface area contributed by atoms with Crippen molar-refractivity contribution < 1.29 is 9.66 Å². The van der Waals surface area contributed by atoms with E-state index in [0.717, 1.165) is 12.3 Å². The van der Waals surface area contributed by atoms with Gasteiger partial charge in [0.05, 0.1) is 4.92 Å². The Balaban J connectivity index is 0.00000133. The van der Waals surface area contributed by atoms with Crippen LogP contribution in [0.15, 0.2) is 24.3 Å². The molecule has 3 aliphatic rings. The lowest BCUT2D eigenvalue weighted by Crippen LogP contribution is -2.52. The SMILES string of the molecule is Cl.O=[N+]([O-])c1ccc(OC2CN3CCC2CC3)cc1. The van der Waals surface area contributed by atoms with Crippen molar-refractivity contribution in [2.75, 3.05) is 19.6 Å². The summed E-state index contributed by atoms with van der Waals surface area (Å²) in [5, 5.41) is 10.6. The molecule has 4 rings (SSSR count). The fraction of sp³-hybridized carbons (Fsp3) is 0.538. The van der Waals surface area contributed by atoms with Gasteiger partial charge in [-0.3, -0.25) is 15.0 Å². The second-order valence-electron chi connectivity index (χ2n) is 5.05. The molecule has 0 amide bonds. The molecule has 2 bridgehead atoms. The Morgan fingerprint density at radius 1 is 1.21 bits per heavy atom. The molecule has 3 fully saturated rings. The molecule has 0 aromatic heterocycles. The van der Waals surface area contributed by atoms with Crippen LogP contribution in [-0.4, -0.2) is 35.6 Å². The van der Waals surface area contributed by atoms with E-state index in [1.165, 1.54) is 38.1 Å². The average molecular weight is 285 g/mol. The van der Waals surface area contributed by atoms with Gasteiger partial charge in [0.15, 0.2) is 0 Å². The predicted molar refractivity (Wildman–Crippen MR) is 73.9 cm³/mol. The highest BCUT2D eigenvalue weighted by Crippen LogP contribution is 2.31. The van der Waals surface area contributed by atoms with Gasteiger partial charge in [0.1, 0.15) is 11.9 Å². The molecule has 1 aromatic rings. The summed E-state index contributed by atoms with van der Waals surface area (Å²) in [6.07, 6.45) is 2.66. The van der Waals surface area contributed by atoms with Crippen LogP contribution in [0.3, 0.4) is 0 Å². The zero-order chi connectivity index (χ0) is 12.5. The van der Waals surface area contributed by atoms with Crippen molar-refractivity contribution in [3.63, 3.8) is 0 Å². The summed E-state index contributed by atoms with van der Waals surface area (Å²) in [5.41, 5.74) is 0.108. The molecule has 0 saturated carbocycles. The minimum atomic E-state index is -0.391. The summed E-state index contributed by atoms with van der Waals surface area (Å²) >= 11 is 0. The van der Waals surface area contributed by atoms with Gasteiger partial charge in [-0.15, -0.1) is 12.4 Å². The first-order chi connectivity index (χ1) is 8.72. The fourth-order valence-corrected chi connectivity index (χ4v) is 2.87. The van der Waals surface area contributed by atoms with Crippen LogP contribution in [0.1, 0.15) is 12.8 Å². The number of halogens is 1. The highest BCUT2D eigenvalue weighted by Gasteiger charge is 2.35. The number of nitrogens with zero attached hydrogens (tertiary/aromatic N) is 2. The van der Waals surface area contributed by atoms with Crippen LogP contribution >= 0.6 is 12.4 Å². The van der Waals surface area contributed by atoms with E-state index in [1.807, 2.05) is 0 Å². The normalized spacial score (nSPS) is 28.5. The number of piperidine rings is 3. The molecule has 0 aliphatic carbocycles. The van der Waals surface area contributed by atoms with E-state index in [2.05, 4.69) is 4.90 Å². The summed E-state index contributed by atoms with van der Waals surface area (Å²) < 4.78 is 5.96. The summed E-state index contributed by atoms with van der Waals surface area (Å²) in [6, 6.07) is 6.37. The number of rotatable bonds is 3. The average Bonchev–Trinajstić information content (AvgIpc) is 2.41. The number of benzene rings is 1. The van der Waals surface area contributed by atoms with Gasteiger partial charge < -0.3 is 4.74 Å². The highest BCUT2D eigenvalue weighted by molar-refractivity contribution is 5.85. The van der Waals surface area contributed by atoms with Crippen molar-refractivity contribution >= 4 is 18.1 Å². The molecule has 5 nitrogen and oxygen atoms in total. The molecule has 1 atom stereocenters. The van der Waals surface area contributed by atoms with E-state index in [-0.39, 0.29) is 24.2 Å². The molecule has 1 aromatic carbocycles. The van der Waals surface area contributed by atoms with Crippen molar-refractivity contribution in [1.82, 2.24) is 4.90 Å². The number of hydrogen-bond donors (Lipinski definition) is 0. The molecule has 0 spiro atoms. The monoisotopic (exact) mass is 284 g/mol. The molecular formula is C13H17ClN2O3. The summed E-state index contributed by atoms with van der Waals surface area (Å²) in [4.78, 5) is 12.6. The first-order valence-corrected chi connectivity index (χ1v) is 6.36. The quantitative estimate of drug-likeness (QED) is 0.632. The zero-order valence-electron chi connectivity index (χ0n) is 10.5. The second-order valence-corrected chi connectivity index (χ2v) is 5.05. The first kappa shape index (κ1) is 14.1. The molecule has 104 valence electrons. The molecule has 19 heavy (non-hydrogen) atoms. The molecule has 3 aliphatic heterocycles. The van der Waals surface area contributed by atoms with Crippen LogP contribution in [0.5, 0.6) is 5.75 Å². The van der Waals surface area contributed by atoms with E-state index in [4.69, 9.17) is 4.74 Å². The van der Waals surface area contributed by atoms with Gasteiger partial charge in [-0.25, -0.2) is 0 Å². The van der Waals surface area contributed by atoms with Crippen LogP contribution in [0.2, 0.25) is 0 Å². The minimum Gasteiger partial charge on any atom is -0.489 e. The van der Waals surface area contributed by atoms with E-state index in [1.54, 1.807) is 12.1 Å². The zero-order valence-corrected chi connectivity index (χ0v) is 11.3. The van der Waals surface area contributed by atoms with Gasteiger partial charge in [0.25, 0.3) is 5.69 Å². The molecule has 6 heteroatoms. The number of nitro benzene ring substituents is 1. The molecule has 0 N–H and O–H groups in total. The van der Waals surface area contributed by atoms with Gasteiger partial charge in [-0.2, -0.15) is 0 Å². The molecular weight excluding hydrogens is 268 g/mol. The lowest BCUT2D eigenvalue weighted by Gasteiger charge is -2.44. The minimum absolute atomic E-state index is 0. The van der Waals surface area contributed by atoms with Crippen LogP contribution in [-0.2, 0) is 0 Å². The molecule has 0 radical (unpaired) electrons. The van der Waals surface area contributed by atoms with Crippen LogP contribution < -0.4 is 4.74 Å². The largest absolute Gasteiger partial charge is 0.489 e. The number of hydrogen-bond acceptors (Lipinski definition) is 4. The Labute approximate surface area is 118 Å². The smallest absolute Gasteiger partial charge is 0.269 e. The van der Waals surface area contributed by atoms with Crippen molar-refractivity contribution in [1.29, 1.82) is 0 Å². The van der Waals surface area contributed by atoms with Crippen molar-refractivity contribution in [3.05, 3.63) is 34.4 Å². The third-order valence-corrected chi connectivity index (χ3v) is 3.93. The number of non-ortho nitro benzene ring substituents is 1. The third-order valence-electron chi connectivity index (χ3n) is 3.93. The van der Waals surface area contributed by atoms with Crippen molar-refractivity contribution in [2.45, 2.75) is 18.9 Å². The lowest BCUT2D eigenvalue weighted by molar-refractivity contribution is -0.384. The number of fused-ring (bicyclic) bond motifs is 3. The van der Waals surface area contributed by atoms with E-state index in [9.17, 15) is 10.1 Å². The molecule has 3 saturated heterocycles. The Morgan fingerprint density at radius 3 is 2.32 bits per heavy atom. The van der Waals surface area contributed by atoms with Gasteiger partial charge in [-0.05, 0) is 44.0 Å².